The van der Waals surface area contributed by atoms with Crippen molar-refractivity contribution in [3.05, 3.63) is 82.9 Å². The van der Waals surface area contributed by atoms with E-state index in [0.29, 0.717) is 33.6 Å². The van der Waals surface area contributed by atoms with Crippen molar-refractivity contribution in [2.75, 3.05) is 16.8 Å². The molecule has 0 saturated heterocycles. The van der Waals surface area contributed by atoms with E-state index >= 15 is 0 Å². The first-order chi connectivity index (χ1) is 18.1. The van der Waals surface area contributed by atoms with Gasteiger partial charge in [-0.15, -0.1) is 11.8 Å². The molecule has 0 fully saturated rings. The monoisotopic (exact) mass is 514 g/mol. The Labute approximate surface area is 225 Å². The number of hydrogen-bond acceptors (Lipinski definition) is 5. The van der Waals surface area contributed by atoms with Gasteiger partial charge in [0, 0.05) is 21.7 Å². The second-order valence-electron chi connectivity index (χ2n) is 9.81. The van der Waals surface area contributed by atoms with Gasteiger partial charge in [-0.25, -0.2) is 0 Å². The Balaban J connectivity index is 1.46. The van der Waals surface area contributed by atoms with Gasteiger partial charge in [0.25, 0.3) is 0 Å². The van der Waals surface area contributed by atoms with Crippen molar-refractivity contribution in [3.63, 3.8) is 0 Å². The zero-order chi connectivity index (χ0) is 26.0. The number of carbonyl (C=O) groups is 2. The van der Waals surface area contributed by atoms with E-state index in [1.807, 2.05) is 36.4 Å². The van der Waals surface area contributed by atoms with Gasteiger partial charge >= 0.3 is 0 Å². The molecule has 4 nitrogen and oxygen atoms in total. The summed E-state index contributed by atoms with van der Waals surface area (Å²) in [4.78, 5) is 27.9. The van der Waals surface area contributed by atoms with Crippen LogP contribution >= 0.6 is 11.8 Å². The topological polar surface area (TPSA) is 72.2 Å². The minimum atomic E-state index is -0.180. The van der Waals surface area contributed by atoms with Crippen LogP contribution < -0.4 is 11.1 Å². The molecular formula is C32H38N2O2S. The smallest absolute Gasteiger partial charge is 0.196 e. The fourth-order valence-corrected chi connectivity index (χ4v) is 5.99. The highest BCUT2D eigenvalue weighted by molar-refractivity contribution is 7.99. The van der Waals surface area contributed by atoms with Gasteiger partial charge in [0.1, 0.15) is 0 Å². The van der Waals surface area contributed by atoms with E-state index in [0.717, 1.165) is 22.8 Å². The molecule has 0 spiro atoms. The molecule has 0 bridgehead atoms. The number of carbonyl (C=O) groups excluding carboxylic acids is 2. The van der Waals surface area contributed by atoms with Crippen molar-refractivity contribution >= 4 is 40.4 Å². The third-order valence-electron chi connectivity index (χ3n) is 7.01. The molecule has 0 radical (unpaired) electrons. The maximum Gasteiger partial charge on any atom is 0.196 e. The lowest BCUT2D eigenvalue weighted by Crippen LogP contribution is -2.24. The second kappa shape index (κ2) is 13.5. The number of thioether (sulfide) groups is 1. The normalized spacial score (nSPS) is 12.4. The minimum Gasteiger partial charge on any atom is -0.397 e. The number of unbranched alkanes of at least 4 members (excludes halogenated alkanes) is 9. The molecule has 3 aromatic carbocycles. The van der Waals surface area contributed by atoms with Crippen LogP contribution in [0.25, 0.3) is 0 Å². The van der Waals surface area contributed by atoms with Crippen molar-refractivity contribution in [1.29, 1.82) is 0 Å². The van der Waals surface area contributed by atoms with E-state index < -0.39 is 0 Å². The number of anilines is 3. The first-order valence-electron chi connectivity index (χ1n) is 13.7. The predicted molar refractivity (Wildman–Crippen MR) is 156 cm³/mol. The Morgan fingerprint density at radius 1 is 0.703 bits per heavy atom. The van der Waals surface area contributed by atoms with Crippen molar-refractivity contribution < 1.29 is 9.59 Å². The van der Waals surface area contributed by atoms with Crippen LogP contribution in [0.4, 0.5) is 17.1 Å². The molecule has 0 unspecified atom stereocenters. The van der Waals surface area contributed by atoms with E-state index in [1.54, 1.807) is 36.0 Å². The van der Waals surface area contributed by atoms with Crippen LogP contribution in [0.3, 0.4) is 0 Å². The molecule has 4 rings (SSSR count). The van der Waals surface area contributed by atoms with Crippen LogP contribution in [0.5, 0.6) is 0 Å². The van der Waals surface area contributed by atoms with Crippen LogP contribution in [-0.2, 0) is 0 Å². The van der Waals surface area contributed by atoms with E-state index in [2.05, 4.69) is 12.2 Å². The quantitative estimate of drug-likeness (QED) is 0.0999. The van der Waals surface area contributed by atoms with Crippen LogP contribution in [0, 0.1) is 0 Å². The summed E-state index contributed by atoms with van der Waals surface area (Å²) < 4.78 is 0. The first-order valence-corrected chi connectivity index (χ1v) is 14.7. The average molecular weight is 515 g/mol. The number of nitrogens with one attached hydrogen (secondary N) is 1. The summed E-state index contributed by atoms with van der Waals surface area (Å²) in [5, 5.41) is 3.38. The molecule has 1 aliphatic rings. The van der Waals surface area contributed by atoms with Gasteiger partial charge in [-0.1, -0.05) is 107 Å². The van der Waals surface area contributed by atoms with E-state index in [-0.39, 0.29) is 11.6 Å². The first kappa shape index (κ1) is 27.0. The maximum atomic E-state index is 13.5. The summed E-state index contributed by atoms with van der Waals surface area (Å²) >= 11 is 1.68. The number of para-hydroxylation sites is 1. The van der Waals surface area contributed by atoms with Crippen LogP contribution in [-0.4, -0.2) is 17.3 Å². The highest BCUT2D eigenvalue weighted by Crippen LogP contribution is 2.42. The van der Waals surface area contributed by atoms with Gasteiger partial charge in [-0.05, 0) is 30.4 Å². The molecule has 0 heterocycles. The van der Waals surface area contributed by atoms with Gasteiger partial charge in [0.15, 0.2) is 11.6 Å². The molecule has 0 aliphatic heterocycles. The Morgan fingerprint density at radius 3 is 1.86 bits per heavy atom. The van der Waals surface area contributed by atoms with Gasteiger partial charge in [0.05, 0.1) is 22.5 Å². The van der Waals surface area contributed by atoms with Crippen LogP contribution in [0.15, 0.2) is 65.6 Å². The zero-order valence-corrected chi connectivity index (χ0v) is 22.7. The number of benzene rings is 3. The maximum absolute atomic E-state index is 13.5. The van der Waals surface area contributed by atoms with Crippen molar-refractivity contribution in [1.82, 2.24) is 0 Å². The minimum absolute atomic E-state index is 0.165. The van der Waals surface area contributed by atoms with E-state index in [9.17, 15) is 9.59 Å². The standard InChI is InChI=1S/C32H38N2O2S/c1-2-3-4-5-6-7-8-9-10-16-21-37-27-22-26(34-23-17-12-11-13-18-23)28-29(30(27)33)32(36)25-20-15-14-19-24(25)31(28)35/h11-15,17-20,22,34H,2-10,16,21,33H2,1H3. The summed E-state index contributed by atoms with van der Waals surface area (Å²) in [6.45, 7) is 2.26. The third kappa shape index (κ3) is 6.64. The highest BCUT2D eigenvalue weighted by atomic mass is 32.2. The van der Waals surface area contributed by atoms with Crippen molar-refractivity contribution in [2.24, 2.45) is 0 Å². The number of ketones is 2. The summed E-state index contributed by atoms with van der Waals surface area (Å²) in [7, 11) is 0. The van der Waals surface area contributed by atoms with Crippen LogP contribution in [0.2, 0.25) is 0 Å². The van der Waals surface area contributed by atoms with E-state index in [4.69, 9.17) is 5.73 Å². The predicted octanol–water partition coefficient (Wildman–Crippen LogP) is 8.80. The molecule has 3 N–H and O–H groups in total. The van der Waals surface area contributed by atoms with Crippen molar-refractivity contribution in [2.45, 2.75) is 76.0 Å². The molecule has 0 amide bonds. The summed E-state index contributed by atoms with van der Waals surface area (Å²) in [6.07, 6.45) is 13.0. The van der Waals surface area contributed by atoms with Crippen LogP contribution in [0.1, 0.15) is 103 Å². The Morgan fingerprint density at radius 2 is 1.24 bits per heavy atom. The number of hydrogen-bond donors (Lipinski definition) is 2. The molecule has 3 aromatic rings. The zero-order valence-electron chi connectivity index (χ0n) is 21.9. The fraction of sp³-hybridized carbons (Fsp3) is 0.375. The largest absolute Gasteiger partial charge is 0.397 e. The molecule has 37 heavy (non-hydrogen) atoms. The second-order valence-corrected chi connectivity index (χ2v) is 10.9. The average Bonchev–Trinajstić information content (AvgIpc) is 2.92. The van der Waals surface area contributed by atoms with Gasteiger partial charge in [-0.2, -0.15) is 0 Å². The van der Waals surface area contributed by atoms with Gasteiger partial charge < -0.3 is 11.1 Å². The van der Waals surface area contributed by atoms with Crippen molar-refractivity contribution in [3.8, 4) is 0 Å². The summed E-state index contributed by atoms with van der Waals surface area (Å²) in [5.74, 6) is 0.588. The molecule has 194 valence electrons. The molecule has 0 atom stereocenters. The highest BCUT2D eigenvalue weighted by Gasteiger charge is 2.34. The summed E-state index contributed by atoms with van der Waals surface area (Å²) in [6, 6.07) is 18.7. The van der Waals surface area contributed by atoms with E-state index in [1.165, 1.54) is 57.8 Å². The SMILES string of the molecule is CCCCCCCCCCCCSc1cc(Nc2ccccc2)c2c(c1N)C(=O)c1ccccc1C2=O. The lowest BCUT2D eigenvalue weighted by Gasteiger charge is -2.24. The summed E-state index contributed by atoms with van der Waals surface area (Å²) in [5.41, 5.74) is 10.0. The molecule has 1 aliphatic carbocycles. The Bertz CT molecular complexity index is 1220. The number of rotatable bonds is 14. The molecular weight excluding hydrogens is 476 g/mol. The lowest BCUT2D eigenvalue weighted by atomic mass is 9.82. The molecule has 5 heteroatoms. The Kier molecular flexibility index (Phi) is 9.84. The Hall–Kier alpha value is -3.05. The fourth-order valence-electron chi connectivity index (χ4n) is 4.96. The van der Waals surface area contributed by atoms with Gasteiger partial charge in [0.2, 0.25) is 0 Å². The van der Waals surface area contributed by atoms with Gasteiger partial charge in [-0.3, -0.25) is 9.59 Å². The third-order valence-corrected chi connectivity index (χ3v) is 8.15. The molecule has 0 aromatic heterocycles. The number of nitrogen functional groups attached to an aromatic ring is 1. The number of nitrogens with two attached hydrogens (primary N) is 1. The lowest BCUT2D eigenvalue weighted by molar-refractivity contribution is 0.0980. The number of fused-ring (bicyclic) bond motifs is 2. The molecule has 0 saturated carbocycles.